The lowest BCUT2D eigenvalue weighted by atomic mass is 10.2. The van der Waals surface area contributed by atoms with E-state index in [1.165, 1.54) is 0 Å². The Kier molecular flexibility index (Phi) is 3.46. The van der Waals surface area contributed by atoms with Crippen LogP contribution in [-0.4, -0.2) is 20.5 Å². The first-order valence-corrected chi connectivity index (χ1v) is 8.74. The van der Waals surface area contributed by atoms with Gasteiger partial charge in [-0.3, -0.25) is 9.20 Å². The predicted octanol–water partition coefficient (Wildman–Crippen LogP) is 3.36. The van der Waals surface area contributed by atoms with E-state index >= 15 is 0 Å². The van der Waals surface area contributed by atoms with Crippen LogP contribution in [-0.2, 0) is 6.54 Å². The van der Waals surface area contributed by atoms with Gasteiger partial charge in [-0.05, 0) is 52.4 Å². The van der Waals surface area contributed by atoms with Crippen LogP contribution >= 0.6 is 27.3 Å². The fourth-order valence-corrected chi connectivity index (χ4v) is 3.81. The number of nitrogens with one attached hydrogen (secondary N) is 1. The van der Waals surface area contributed by atoms with Crippen LogP contribution in [0.25, 0.3) is 5.65 Å². The van der Waals surface area contributed by atoms with Crippen molar-refractivity contribution >= 4 is 38.8 Å². The van der Waals surface area contributed by atoms with Crippen LogP contribution in [0.4, 0.5) is 0 Å². The van der Waals surface area contributed by atoms with Crippen LogP contribution in [0.15, 0.2) is 34.2 Å². The summed E-state index contributed by atoms with van der Waals surface area (Å²) in [5.41, 5.74) is 1.42. The lowest BCUT2D eigenvalue weighted by molar-refractivity contribution is 0.0951. The third kappa shape index (κ3) is 2.55. The number of hydrogen-bond donors (Lipinski definition) is 1. The van der Waals surface area contributed by atoms with Crippen molar-refractivity contribution in [2.75, 3.05) is 0 Å². The van der Waals surface area contributed by atoms with Gasteiger partial charge in [-0.15, -0.1) is 21.5 Å². The highest BCUT2D eigenvalue weighted by atomic mass is 79.9. The van der Waals surface area contributed by atoms with Gasteiger partial charge < -0.3 is 5.32 Å². The van der Waals surface area contributed by atoms with E-state index in [4.69, 9.17) is 0 Å². The Bertz CT molecular complexity index is 852. The molecule has 0 saturated heterocycles. The summed E-state index contributed by atoms with van der Waals surface area (Å²) in [6, 6.07) is 5.62. The molecule has 1 saturated carbocycles. The van der Waals surface area contributed by atoms with Gasteiger partial charge in [0.2, 0.25) is 0 Å². The molecule has 0 atom stereocenters. The van der Waals surface area contributed by atoms with Crippen molar-refractivity contribution in [1.29, 1.82) is 0 Å². The molecule has 3 aromatic rings. The molecule has 3 heterocycles. The van der Waals surface area contributed by atoms with Gasteiger partial charge in [0.05, 0.1) is 12.1 Å². The Balaban J connectivity index is 1.56. The monoisotopic (exact) mass is 376 g/mol. The number of aromatic nitrogens is 3. The first-order chi connectivity index (χ1) is 10.7. The van der Waals surface area contributed by atoms with Gasteiger partial charge in [0.15, 0.2) is 5.65 Å². The fourth-order valence-electron chi connectivity index (χ4n) is 2.38. The number of fused-ring (bicyclic) bond motifs is 1. The molecule has 0 aliphatic heterocycles. The molecule has 112 valence electrons. The van der Waals surface area contributed by atoms with Gasteiger partial charge in [0, 0.05) is 21.5 Å². The smallest absolute Gasteiger partial charge is 0.253 e. The van der Waals surface area contributed by atoms with Gasteiger partial charge in [0.25, 0.3) is 5.91 Å². The molecule has 22 heavy (non-hydrogen) atoms. The molecule has 7 heteroatoms. The zero-order valence-corrected chi connectivity index (χ0v) is 14.0. The normalized spacial score (nSPS) is 14.4. The fraction of sp³-hybridized carbons (Fsp3) is 0.267. The second-order valence-electron chi connectivity index (χ2n) is 5.35. The van der Waals surface area contributed by atoms with Crippen LogP contribution in [0, 0.1) is 0 Å². The zero-order chi connectivity index (χ0) is 15.1. The molecule has 1 amide bonds. The average Bonchev–Trinajstić information content (AvgIpc) is 3.15. The number of nitrogens with zero attached hydrogens (tertiary/aromatic N) is 3. The average molecular weight is 377 g/mol. The lowest BCUT2D eigenvalue weighted by Crippen LogP contribution is -2.22. The topological polar surface area (TPSA) is 59.3 Å². The van der Waals surface area contributed by atoms with E-state index in [9.17, 15) is 4.79 Å². The summed E-state index contributed by atoms with van der Waals surface area (Å²) in [6.07, 6.45) is 4.15. The van der Waals surface area contributed by atoms with Crippen molar-refractivity contribution in [2.45, 2.75) is 25.3 Å². The van der Waals surface area contributed by atoms with Crippen molar-refractivity contribution in [3.63, 3.8) is 0 Å². The first kappa shape index (κ1) is 13.9. The van der Waals surface area contributed by atoms with Gasteiger partial charge in [-0.25, -0.2) is 0 Å². The maximum atomic E-state index is 12.3. The van der Waals surface area contributed by atoms with E-state index in [1.54, 1.807) is 17.4 Å². The highest BCUT2D eigenvalue weighted by Crippen LogP contribution is 2.38. The van der Waals surface area contributed by atoms with E-state index < -0.39 is 0 Å². The predicted molar refractivity (Wildman–Crippen MR) is 88.2 cm³/mol. The van der Waals surface area contributed by atoms with Crippen molar-refractivity contribution in [1.82, 2.24) is 19.9 Å². The van der Waals surface area contributed by atoms with Crippen LogP contribution < -0.4 is 5.32 Å². The molecule has 0 radical (unpaired) electrons. The Morgan fingerprint density at radius 1 is 1.36 bits per heavy atom. The van der Waals surface area contributed by atoms with Gasteiger partial charge >= 0.3 is 0 Å². The summed E-state index contributed by atoms with van der Waals surface area (Å²) < 4.78 is 2.97. The van der Waals surface area contributed by atoms with Crippen molar-refractivity contribution in [3.05, 3.63) is 50.5 Å². The number of hydrogen-bond acceptors (Lipinski definition) is 4. The Morgan fingerprint density at radius 3 is 2.95 bits per heavy atom. The van der Waals surface area contributed by atoms with E-state index in [2.05, 4.69) is 31.4 Å². The lowest BCUT2D eigenvalue weighted by Gasteiger charge is -2.05. The summed E-state index contributed by atoms with van der Waals surface area (Å²) in [5, 5.41) is 13.3. The molecule has 4 rings (SSSR count). The third-order valence-electron chi connectivity index (χ3n) is 3.73. The second-order valence-corrected chi connectivity index (χ2v) is 7.21. The Morgan fingerprint density at radius 2 is 2.23 bits per heavy atom. The van der Waals surface area contributed by atoms with Gasteiger partial charge in [-0.2, -0.15) is 0 Å². The highest BCUT2D eigenvalue weighted by Gasteiger charge is 2.28. The van der Waals surface area contributed by atoms with Crippen molar-refractivity contribution in [3.8, 4) is 0 Å². The summed E-state index contributed by atoms with van der Waals surface area (Å²) in [4.78, 5) is 13.4. The maximum Gasteiger partial charge on any atom is 0.253 e. The Labute approximate surface area is 139 Å². The molecule has 0 unspecified atom stereocenters. The molecular formula is C15H13BrN4OS. The summed E-state index contributed by atoms with van der Waals surface area (Å²) in [7, 11) is 0. The first-order valence-electron chi connectivity index (χ1n) is 7.07. The number of carbonyl (C=O) groups excluding carboxylic acids is 1. The van der Waals surface area contributed by atoms with Gasteiger partial charge in [0.1, 0.15) is 5.82 Å². The summed E-state index contributed by atoms with van der Waals surface area (Å²) in [6.45, 7) is 0.521. The molecule has 0 spiro atoms. The number of amides is 1. The van der Waals surface area contributed by atoms with E-state index in [0.717, 1.165) is 33.7 Å². The summed E-state index contributed by atoms with van der Waals surface area (Å²) >= 11 is 5.09. The van der Waals surface area contributed by atoms with E-state index in [0.29, 0.717) is 18.0 Å². The molecule has 1 fully saturated rings. The van der Waals surface area contributed by atoms with Crippen LogP contribution in [0.5, 0.6) is 0 Å². The second kappa shape index (κ2) is 5.48. The molecule has 0 bridgehead atoms. The molecule has 5 nitrogen and oxygen atoms in total. The van der Waals surface area contributed by atoms with Crippen molar-refractivity contribution in [2.24, 2.45) is 0 Å². The zero-order valence-electron chi connectivity index (χ0n) is 11.6. The molecule has 3 aromatic heterocycles. The SMILES string of the molecule is O=C(NCc1sccc1Br)c1ccc2nnc(C3CC3)n2c1. The maximum absolute atomic E-state index is 12.3. The minimum absolute atomic E-state index is 0.0855. The van der Waals surface area contributed by atoms with Crippen molar-refractivity contribution < 1.29 is 4.79 Å². The highest BCUT2D eigenvalue weighted by molar-refractivity contribution is 9.10. The van der Waals surface area contributed by atoms with Crippen LogP contribution in [0.2, 0.25) is 0 Å². The quantitative estimate of drug-likeness (QED) is 0.759. The van der Waals surface area contributed by atoms with E-state index in [1.807, 2.05) is 28.1 Å². The minimum Gasteiger partial charge on any atom is -0.347 e. The van der Waals surface area contributed by atoms with E-state index in [-0.39, 0.29) is 5.91 Å². The van der Waals surface area contributed by atoms with Crippen LogP contribution in [0.1, 0.15) is 39.8 Å². The molecular weight excluding hydrogens is 364 g/mol. The molecule has 1 N–H and O–H groups in total. The molecule has 0 aromatic carbocycles. The number of rotatable bonds is 4. The largest absolute Gasteiger partial charge is 0.347 e. The standard InChI is InChI=1S/C15H13BrN4OS/c16-11-5-6-22-12(11)7-17-15(21)10-3-4-13-18-19-14(9-1-2-9)20(13)8-10/h3-6,8-9H,1-2,7H2,(H,17,21). The number of pyridine rings is 1. The van der Waals surface area contributed by atoms with Gasteiger partial charge in [-0.1, -0.05) is 0 Å². The Hall–Kier alpha value is -1.73. The summed E-state index contributed by atoms with van der Waals surface area (Å²) in [5.74, 6) is 1.37. The number of halogens is 1. The molecule has 1 aliphatic rings. The molecule has 1 aliphatic carbocycles. The minimum atomic E-state index is -0.0855. The number of carbonyl (C=O) groups is 1. The number of thiophene rings is 1. The van der Waals surface area contributed by atoms with Crippen LogP contribution in [0.3, 0.4) is 0 Å². The third-order valence-corrected chi connectivity index (χ3v) is 5.66.